The number of hydrogen-bond acceptors (Lipinski definition) is 2. The van der Waals surface area contributed by atoms with Crippen molar-refractivity contribution >= 4 is 76.5 Å². The van der Waals surface area contributed by atoms with Crippen LogP contribution in [0, 0.1) is 18.5 Å². The minimum absolute atomic E-state index is 0. The number of imidazole rings is 1. The summed E-state index contributed by atoms with van der Waals surface area (Å²) in [4.78, 5) is 4.87. The number of hydrogen-bond donors (Lipinski definition) is 0. The van der Waals surface area contributed by atoms with Crippen molar-refractivity contribution in [3.05, 3.63) is 236 Å². The van der Waals surface area contributed by atoms with E-state index >= 15 is 0 Å². The second kappa shape index (κ2) is 16.8. The van der Waals surface area contributed by atoms with Gasteiger partial charge in [-0.05, 0) is 82.7 Å². The average molecular weight is 1110 g/mol. The Labute approximate surface area is 430 Å². The van der Waals surface area contributed by atoms with E-state index in [-0.39, 0.29) is 26.5 Å². The molecular formula is C64H44N6OPt-2. The van der Waals surface area contributed by atoms with Crippen molar-refractivity contribution < 1.29 is 30.4 Å². The van der Waals surface area contributed by atoms with E-state index in [4.69, 9.17) is 9.72 Å². The zero-order valence-electron chi connectivity index (χ0n) is 39.6. The smallest absolute Gasteiger partial charge is 0.268 e. The van der Waals surface area contributed by atoms with Crippen molar-refractivity contribution in [2.24, 2.45) is 0 Å². The molecule has 0 aliphatic carbocycles. The molecular weight excluding hydrogens is 1060 g/mol. The van der Waals surface area contributed by atoms with Gasteiger partial charge >= 0.3 is 0 Å². The predicted octanol–water partition coefficient (Wildman–Crippen LogP) is 15.1. The van der Waals surface area contributed by atoms with Gasteiger partial charge in [0.2, 0.25) is 0 Å². The number of ether oxygens (including phenoxy) is 1. The molecule has 72 heavy (non-hydrogen) atoms. The molecule has 0 aliphatic rings. The molecule has 8 heteroatoms. The monoisotopic (exact) mass is 1110 g/mol. The number of para-hydroxylation sites is 7. The molecule has 14 rings (SSSR count). The summed E-state index contributed by atoms with van der Waals surface area (Å²) < 4.78 is 17.9. The average Bonchev–Trinajstić information content (AvgIpc) is 4.15. The van der Waals surface area contributed by atoms with Crippen LogP contribution in [-0.2, 0) is 26.5 Å². The van der Waals surface area contributed by atoms with Gasteiger partial charge in [0.1, 0.15) is 5.82 Å². The molecule has 0 saturated carbocycles. The number of benzene rings is 9. The van der Waals surface area contributed by atoms with Crippen molar-refractivity contribution in [1.29, 1.82) is 0 Å². The summed E-state index contributed by atoms with van der Waals surface area (Å²) in [5, 5.41) is 7.06. The zero-order chi connectivity index (χ0) is 47.4. The summed E-state index contributed by atoms with van der Waals surface area (Å²) in [5.41, 5.74) is 13.5. The molecule has 7 nitrogen and oxygen atoms in total. The molecule has 0 spiro atoms. The Hall–Kier alpha value is -8.51. The molecule has 0 saturated heterocycles. The first-order valence-corrected chi connectivity index (χ1v) is 24.0. The normalized spacial score (nSPS) is 12.0. The van der Waals surface area contributed by atoms with Gasteiger partial charge in [-0.25, -0.2) is 4.98 Å². The van der Waals surface area contributed by atoms with E-state index in [0.29, 0.717) is 11.5 Å². The molecule has 0 radical (unpaired) electrons. The molecule has 5 heterocycles. The van der Waals surface area contributed by atoms with Crippen molar-refractivity contribution in [2.75, 3.05) is 0 Å². The van der Waals surface area contributed by atoms with Crippen LogP contribution in [0.3, 0.4) is 0 Å². The Morgan fingerprint density at radius 1 is 0.458 bits per heavy atom. The van der Waals surface area contributed by atoms with Gasteiger partial charge < -0.3 is 23.0 Å². The molecule has 348 valence electrons. The molecule has 0 N–H and O–H groups in total. The van der Waals surface area contributed by atoms with Crippen molar-refractivity contribution in [3.8, 4) is 40.1 Å². The van der Waals surface area contributed by atoms with Crippen LogP contribution in [0.5, 0.6) is 11.5 Å². The third-order valence-corrected chi connectivity index (χ3v) is 14.0. The molecule has 0 aliphatic heterocycles. The topological polar surface area (TPSA) is 45.7 Å². The molecule has 9 aromatic carbocycles. The Bertz CT molecular complexity index is 4210. The fourth-order valence-corrected chi connectivity index (χ4v) is 10.7. The molecule has 0 fully saturated rings. The first-order chi connectivity index (χ1) is 34.8. The van der Waals surface area contributed by atoms with Gasteiger partial charge in [-0.1, -0.05) is 142 Å². The van der Waals surface area contributed by atoms with Crippen LogP contribution in [0.25, 0.3) is 105 Å². The Kier molecular flexibility index (Phi) is 10.2. The van der Waals surface area contributed by atoms with E-state index in [2.05, 4.69) is 250 Å². The molecule has 14 aromatic rings. The van der Waals surface area contributed by atoms with Crippen LogP contribution in [0.15, 0.2) is 212 Å². The van der Waals surface area contributed by atoms with E-state index in [9.17, 15) is 0 Å². The summed E-state index contributed by atoms with van der Waals surface area (Å²) >= 11 is 0. The van der Waals surface area contributed by atoms with Crippen LogP contribution in [0.1, 0.15) is 26.3 Å². The number of fused-ring (bicyclic) bond motifs is 10. The fourth-order valence-electron chi connectivity index (χ4n) is 10.7. The summed E-state index contributed by atoms with van der Waals surface area (Å²) in [6, 6.07) is 80.2. The van der Waals surface area contributed by atoms with E-state index in [1.165, 1.54) is 27.1 Å². The molecule has 0 amide bonds. The summed E-state index contributed by atoms with van der Waals surface area (Å²) in [6.45, 7) is 6.68. The summed E-state index contributed by atoms with van der Waals surface area (Å²) in [7, 11) is 0. The standard InChI is InChI=1S/C64H44N6O.Pt/c1-64(2,3)42-33-34-65-63(35-42)70-59-28-13-8-23-53(59)54-32-31-48(40-62(54)70)71-47-18-16-17-43(39-47)66-41-67(61-30-15-14-29-60(61)66)44-36-45(68-55-24-9-4-19-49(55)50-20-5-10-25-56(50)68)38-46(37-44)69-57-26-11-6-21-51(57)52-22-7-12-27-58(52)69;/h4-38H,1-3H3;/q-2;. The quantitative estimate of drug-likeness (QED) is 0.118. The van der Waals surface area contributed by atoms with Gasteiger partial charge in [0.05, 0.1) is 38.8 Å². The van der Waals surface area contributed by atoms with Crippen molar-refractivity contribution in [2.45, 2.75) is 26.2 Å². The first-order valence-electron chi connectivity index (χ1n) is 24.0. The second-order valence-electron chi connectivity index (χ2n) is 19.3. The predicted molar refractivity (Wildman–Crippen MR) is 287 cm³/mol. The van der Waals surface area contributed by atoms with E-state index < -0.39 is 0 Å². The van der Waals surface area contributed by atoms with Crippen LogP contribution in [0.4, 0.5) is 0 Å². The van der Waals surface area contributed by atoms with Gasteiger partial charge in [-0.3, -0.25) is 4.57 Å². The Morgan fingerprint density at radius 3 is 1.53 bits per heavy atom. The SMILES string of the molecule is CC(C)(C)c1ccnc(-n2c3[c-]c(Oc4[c-]c(-n5[c-][n+](-c6cc(-n7c8ccccc8c8ccccc87)cc(-n7c8ccccc8c8ccccc87)c6)c6ccccc65)ccc4)ccc3c3ccccc32)c1.[Pt]. The Balaban J connectivity index is 0.00000504. The van der Waals surface area contributed by atoms with Crippen LogP contribution >= 0.6 is 0 Å². The number of aromatic nitrogens is 6. The van der Waals surface area contributed by atoms with E-state index in [1.807, 2.05) is 24.4 Å². The largest absolute Gasteiger partial charge is 0.510 e. The van der Waals surface area contributed by atoms with Gasteiger partial charge in [-0.2, -0.15) is 18.2 Å². The van der Waals surface area contributed by atoms with Crippen molar-refractivity contribution in [3.63, 3.8) is 0 Å². The number of rotatable bonds is 7. The molecule has 5 aromatic heterocycles. The van der Waals surface area contributed by atoms with Crippen LogP contribution in [0.2, 0.25) is 0 Å². The van der Waals surface area contributed by atoms with Gasteiger partial charge in [-0.15, -0.1) is 29.7 Å². The fraction of sp³-hybridized carbons (Fsp3) is 0.0625. The maximum atomic E-state index is 6.69. The van der Waals surface area contributed by atoms with E-state index in [0.717, 1.165) is 83.5 Å². The zero-order valence-corrected chi connectivity index (χ0v) is 41.9. The minimum Gasteiger partial charge on any atom is -0.510 e. The number of pyridine rings is 1. The van der Waals surface area contributed by atoms with Gasteiger partial charge in [0.15, 0.2) is 0 Å². The number of nitrogens with zero attached hydrogens (tertiary/aromatic N) is 6. The Morgan fingerprint density at radius 2 is 0.958 bits per heavy atom. The first kappa shape index (κ1) is 43.5. The molecule has 0 atom stereocenters. The van der Waals surface area contributed by atoms with Crippen LogP contribution in [-0.4, -0.2) is 23.3 Å². The van der Waals surface area contributed by atoms with E-state index in [1.54, 1.807) is 0 Å². The van der Waals surface area contributed by atoms with Gasteiger partial charge in [0, 0.05) is 77.2 Å². The molecule has 0 bridgehead atoms. The maximum Gasteiger partial charge on any atom is 0.268 e. The summed E-state index contributed by atoms with van der Waals surface area (Å²) in [6.07, 6.45) is 5.70. The maximum absolute atomic E-state index is 6.69. The van der Waals surface area contributed by atoms with Crippen molar-refractivity contribution in [1.82, 2.24) is 23.3 Å². The summed E-state index contributed by atoms with van der Waals surface area (Å²) in [5.74, 6) is 1.99. The van der Waals surface area contributed by atoms with Gasteiger partial charge in [0.25, 0.3) is 6.33 Å². The van der Waals surface area contributed by atoms with Crippen LogP contribution < -0.4 is 9.30 Å². The third-order valence-electron chi connectivity index (χ3n) is 14.0. The minimum atomic E-state index is -0.0368. The molecule has 0 unspecified atom stereocenters. The third kappa shape index (κ3) is 6.91. The second-order valence-corrected chi connectivity index (χ2v) is 19.3.